The first-order valence-corrected chi connectivity index (χ1v) is 11.8. The molecule has 170 valence electrons. The largest absolute Gasteiger partial charge is 0.494 e. The topological polar surface area (TPSA) is 67.4 Å². The number of hydrogen-bond donors (Lipinski definition) is 2. The minimum Gasteiger partial charge on any atom is -0.494 e. The normalized spacial score (nSPS) is 11.7. The zero-order chi connectivity index (χ0) is 23.5. The highest BCUT2D eigenvalue weighted by Gasteiger charge is 2.18. The maximum absolute atomic E-state index is 12.8. The Morgan fingerprint density at radius 3 is 2.36 bits per heavy atom. The highest BCUT2D eigenvalue weighted by atomic mass is 32.2. The Balaban J connectivity index is 1.58. The van der Waals surface area contributed by atoms with Crippen LogP contribution in [0, 0.1) is 0 Å². The third-order valence-electron chi connectivity index (χ3n) is 4.70. The summed E-state index contributed by atoms with van der Waals surface area (Å²) in [4.78, 5) is 26.0. The van der Waals surface area contributed by atoms with Crippen LogP contribution in [0.15, 0.2) is 89.8 Å². The molecule has 3 aromatic rings. The standard InChI is InChI=1S/C27H28N2O3S/c1-3-25(27(31)29-21-14-16-23(17-15-21)32-4-2)33-24-12-8-11-22(19-24)28-26(30)18-13-20-9-6-5-7-10-20/h5-19,25H,3-4H2,1-2H3,(H,28,30)(H,29,31)/b18-13+. The molecular weight excluding hydrogens is 432 g/mol. The van der Waals surface area contributed by atoms with E-state index in [-0.39, 0.29) is 17.1 Å². The van der Waals surface area contributed by atoms with Gasteiger partial charge in [-0.25, -0.2) is 0 Å². The number of amides is 2. The maximum Gasteiger partial charge on any atom is 0.248 e. The smallest absolute Gasteiger partial charge is 0.248 e. The number of benzene rings is 3. The van der Waals surface area contributed by atoms with E-state index in [9.17, 15) is 9.59 Å². The number of carbonyl (C=O) groups is 2. The zero-order valence-corrected chi connectivity index (χ0v) is 19.6. The number of rotatable bonds is 10. The average Bonchev–Trinajstić information content (AvgIpc) is 2.83. The molecule has 0 aliphatic rings. The molecule has 0 aromatic heterocycles. The Hall–Kier alpha value is -3.51. The summed E-state index contributed by atoms with van der Waals surface area (Å²) in [6, 6.07) is 24.5. The summed E-state index contributed by atoms with van der Waals surface area (Å²) in [6.45, 7) is 4.51. The van der Waals surface area contributed by atoms with Gasteiger partial charge in [-0.1, -0.05) is 43.3 Å². The van der Waals surface area contributed by atoms with Crippen molar-refractivity contribution in [1.29, 1.82) is 0 Å². The second-order valence-corrected chi connectivity index (χ2v) is 8.50. The second kappa shape index (κ2) is 12.5. The second-order valence-electron chi connectivity index (χ2n) is 7.22. The Morgan fingerprint density at radius 1 is 0.909 bits per heavy atom. The molecule has 0 radical (unpaired) electrons. The summed E-state index contributed by atoms with van der Waals surface area (Å²) in [5.41, 5.74) is 2.37. The fourth-order valence-electron chi connectivity index (χ4n) is 3.08. The Labute approximate surface area is 199 Å². The quantitative estimate of drug-likeness (QED) is 0.277. The number of anilines is 2. The molecule has 0 aliphatic heterocycles. The van der Waals surface area contributed by atoms with Gasteiger partial charge in [0.1, 0.15) is 5.75 Å². The van der Waals surface area contributed by atoms with E-state index in [2.05, 4.69) is 10.6 Å². The van der Waals surface area contributed by atoms with Crippen LogP contribution in [0.4, 0.5) is 11.4 Å². The van der Waals surface area contributed by atoms with Gasteiger partial charge in [-0.3, -0.25) is 9.59 Å². The monoisotopic (exact) mass is 460 g/mol. The summed E-state index contributed by atoms with van der Waals surface area (Å²) in [7, 11) is 0. The van der Waals surface area contributed by atoms with Gasteiger partial charge in [0.2, 0.25) is 11.8 Å². The first-order valence-electron chi connectivity index (χ1n) is 10.9. The lowest BCUT2D eigenvalue weighted by molar-refractivity contribution is -0.115. The summed E-state index contributed by atoms with van der Waals surface area (Å²) in [5.74, 6) is 0.502. The van der Waals surface area contributed by atoms with Crippen molar-refractivity contribution in [2.45, 2.75) is 30.4 Å². The molecule has 3 rings (SSSR count). The number of hydrogen-bond acceptors (Lipinski definition) is 4. The Bertz CT molecular complexity index is 1080. The maximum atomic E-state index is 12.8. The molecule has 3 aromatic carbocycles. The predicted molar refractivity (Wildman–Crippen MR) is 137 cm³/mol. The first kappa shape index (κ1) is 24.1. The van der Waals surface area contributed by atoms with Crippen molar-refractivity contribution >= 4 is 41.0 Å². The van der Waals surface area contributed by atoms with E-state index in [0.29, 0.717) is 18.7 Å². The van der Waals surface area contributed by atoms with Crippen LogP contribution in [-0.4, -0.2) is 23.7 Å². The van der Waals surface area contributed by atoms with Crippen LogP contribution in [0.3, 0.4) is 0 Å². The van der Waals surface area contributed by atoms with Crippen molar-refractivity contribution in [3.63, 3.8) is 0 Å². The SMILES string of the molecule is CCOc1ccc(NC(=O)C(CC)Sc2cccc(NC(=O)/C=C/c3ccccc3)c2)cc1. The van der Waals surface area contributed by atoms with E-state index < -0.39 is 0 Å². The van der Waals surface area contributed by atoms with Gasteiger partial charge in [-0.2, -0.15) is 0 Å². The molecule has 0 fully saturated rings. The fraction of sp³-hybridized carbons (Fsp3) is 0.185. The predicted octanol–water partition coefficient (Wildman–Crippen LogP) is 6.25. The van der Waals surface area contributed by atoms with Crippen molar-refractivity contribution in [3.8, 4) is 5.75 Å². The van der Waals surface area contributed by atoms with Crippen molar-refractivity contribution < 1.29 is 14.3 Å². The minimum atomic E-state index is -0.263. The minimum absolute atomic E-state index is 0.0631. The van der Waals surface area contributed by atoms with E-state index in [1.54, 1.807) is 6.08 Å². The van der Waals surface area contributed by atoms with Gasteiger partial charge < -0.3 is 15.4 Å². The Morgan fingerprint density at radius 2 is 1.67 bits per heavy atom. The molecule has 33 heavy (non-hydrogen) atoms. The molecule has 0 aliphatic carbocycles. The van der Waals surface area contributed by atoms with Gasteiger partial charge in [-0.15, -0.1) is 11.8 Å². The van der Waals surface area contributed by atoms with E-state index >= 15 is 0 Å². The highest BCUT2D eigenvalue weighted by molar-refractivity contribution is 8.00. The van der Waals surface area contributed by atoms with Crippen LogP contribution in [0.5, 0.6) is 5.75 Å². The van der Waals surface area contributed by atoms with Gasteiger partial charge in [0, 0.05) is 22.3 Å². The molecule has 1 atom stereocenters. The van der Waals surface area contributed by atoms with Gasteiger partial charge in [0.25, 0.3) is 0 Å². The van der Waals surface area contributed by atoms with Crippen LogP contribution in [0.25, 0.3) is 6.08 Å². The highest BCUT2D eigenvalue weighted by Crippen LogP contribution is 2.29. The van der Waals surface area contributed by atoms with Crippen LogP contribution in [0.2, 0.25) is 0 Å². The molecule has 6 heteroatoms. The van der Waals surface area contributed by atoms with E-state index in [4.69, 9.17) is 4.74 Å². The molecule has 5 nitrogen and oxygen atoms in total. The molecular formula is C27H28N2O3S. The molecule has 2 amide bonds. The first-order chi connectivity index (χ1) is 16.1. The zero-order valence-electron chi connectivity index (χ0n) is 18.8. The molecule has 0 saturated heterocycles. The molecule has 1 unspecified atom stereocenters. The van der Waals surface area contributed by atoms with Crippen LogP contribution in [0.1, 0.15) is 25.8 Å². The van der Waals surface area contributed by atoms with Crippen molar-refractivity contribution in [3.05, 3.63) is 90.5 Å². The third-order valence-corrected chi connectivity index (χ3v) is 6.06. The molecule has 0 spiro atoms. The van der Waals surface area contributed by atoms with Crippen molar-refractivity contribution in [1.82, 2.24) is 0 Å². The molecule has 0 heterocycles. The Kier molecular flexibility index (Phi) is 9.15. The number of nitrogens with one attached hydrogen (secondary N) is 2. The molecule has 0 bridgehead atoms. The van der Waals surface area contributed by atoms with Gasteiger partial charge in [-0.05, 0) is 67.4 Å². The summed E-state index contributed by atoms with van der Waals surface area (Å²) >= 11 is 1.47. The lowest BCUT2D eigenvalue weighted by Gasteiger charge is -2.15. The number of carbonyl (C=O) groups excluding carboxylic acids is 2. The van der Waals surface area contributed by atoms with Gasteiger partial charge >= 0.3 is 0 Å². The average molecular weight is 461 g/mol. The van der Waals surface area contributed by atoms with E-state index in [1.807, 2.05) is 92.7 Å². The fourth-order valence-corrected chi connectivity index (χ4v) is 4.09. The van der Waals surface area contributed by atoms with Crippen LogP contribution < -0.4 is 15.4 Å². The van der Waals surface area contributed by atoms with Crippen molar-refractivity contribution in [2.75, 3.05) is 17.2 Å². The van der Waals surface area contributed by atoms with E-state index in [0.717, 1.165) is 21.9 Å². The lowest BCUT2D eigenvalue weighted by atomic mass is 10.2. The third kappa shape index (κ3) is 7.84. The summed E-state index contributed by atoms with van der Waals surface area (Å²) in [6.07, 6.45) is 3.95. The lowest BCUT2D eigenvalue weighted by Crippen LogP contribution is -2.24. The van der Waals surface area contributed by atoms with Crippen LogP contribution in [-0.2, 0) is 9.59 Å². The van der Waals surface area contributed by atoms with Gasteiger partial charge in [0.05, 0.1) is 11.9 Å². The molecule has 2 N–H and O–H groups in total. The number of ether oxygens (including phenoxy) is 1. The van der Waals surface area contributed by atoms with Crippen LogP contribution >= 0.6 is 11.8 Å². The van der Waals surface area contributed by atoms with Crippen molar-refractivity contribution in [2.24, 2.45) is 0 Å². The van der Waals surface area contributed by atoms with Gasteiger partial charge in [0.15, 0.2) is 0 Å². The summed E-state index contributed by atoms with van der Waals surface area (Å²) in [5, 5.41) is 5.58. The number of thioether (sulfide) groups is 1. The summed E-state index contributed by atoms with van der Waals surface area (Å²) < 4.78 is 5.44. The van der Waals surface area contributed by atoms with E-state index in [1.165, 1.54) is 17.8 Å². The molecule has 0 saturated carbocycles.